The molecule has 1 rings (SSSR count). The van der Waals surface area contributed by atoms with Crippen LogP contribution in [-0.2, 0) is 0 Å². The van der Waals surface area contributed by atoms with Gasteiger partial charge in [-0.1, -0.05) is 12.1 Å². The van der Waals surface area contributed by atoms with Gasteiger partial charge in [0.25, 0.3) is 0 Å². The molecule has 0 amide bonds. The molecule has 0 atom stereocenters. The van der Waals surface area contributed by atoms with Gasteiger partial charge in [0.15, 0.2) is 0 Å². The zero-order valence-corrected chi connectivity index (χ0v) is 9.87. The topological polar surface area (TPSA) is 124 Å². The van der Waals surface area contributed by atoms with Gasteiger partial charge in [-0.2, -0.15) is 0 Å². The largest absolute Gasteiger partial charge is 2.00 e. The van der Waals surface area contributed by atoms with Crippen molar-refractivity contribution in [3.05, 3.63) is 29.8 Å². The Morgan fingerprint density at radius 3 is 1.93 bits per heavy atom. The number of rotatable bonds is 1. The molecule has 0 aromatic heterocycles. The zero-order valence-electron chi connectivity index (χ0n) is 7.66. The fourth-order valence-corrected chi connectivity index (χ4v) is 0.654. The van der Waals surface area contributed by atoms with Gasteiger partial charge in [-0.25, -0.2) is 4.79 Å². The Hall–Kier alpha value is -0.305. The molecule has 0 saturated heterocycles. The number of aromatic carboxylic acids is 1. The SMILES string of the molecule is O=C(O)c1ccccc1O.[Ca+2].[O-]B([O-])O. The standard InChI is InChI=1S/C7H6O3.BHO3.Ca/c8-6-4-2-1-3-5(6)7(9)10;2-1(3)4;/h1-4,8H,(H,9,10);2H;/q;-2;+2. The van der Waals surface area contributed by atoms with E-state index in [0.717, 1.165) is 0 Å². The molecule has 0 bridgehead atoms. The Balaban J connectivity index is 0. The Morgan fingerprint density at radius 2 is 1.67 bits per heavy atom. The van der Waals surface area contributed by atoms with E-state index < -0.39 is 13.3 Å². The summed E-state index contributed by atoms with van der Waals surface area (Å²) in [5.41, 5.74) is -0.0671. The first-order valence-electron chi connectivity index (χ1n) is 3.46. The first-order valence-corrected chi connectivity index (χ1v) is 3.46. The molecular weight excluding hydrogens is 231 g/mol. The van der Waals surface area contributed by atoms with Crippen molar-refractivity contribution in [2.75, 3.05) is 0 Å². The zero-order chi connectivity index (χ0) is 11.1. The van der Waals surface area contributed by atoms with Crippen molar-refractivity contribution in [1.29, 1.82) is 0 Å². The smallest absolute Gasteiger partial charge is 0.871 e. The maximum Gasteiger partial charge on any atom is 2.00 e. The molecular formula is C7H7BCaO6. The normalized spacial score (nSPS) is 7.93. The molecule has 0 fully saturated rings. The van der Waals surface area contributed by atoms with E-state index in [-0.39, 0.29) is 49.1 Å². The van der Waals surface area contributed by atoms with Crippen LogP contribution in [-0.4, -0.2) is 66.3 Å². The van der Waals surface area contributed by atoms with Crippen molar-refractivity contribution in [2.45, 2.75) is 0 Å². The molecule has 0 radical (unpaired) electrons. The van der Waals surface area contributed by atoms with E-state index in [0.29, 0.717) is 0 Å². The molecule has 3 N–H and O–H groups in total. The van der Waals surface area contributed by atoms with E-state index in [2.05, 4.69) is 0 Å². The fourth-order valence-electron chi connectivity index (χ4n) is 0.654. The summed E-state index contributed by atoms with van der Waals surface area (Å²) in [5.74, 6) is -1.31. The van der Waals surface area contributed by atoms with Crippen LogP contribution in [0.4, 0.5) is 0 Å². The predicted octanol–water partition coefficient (Wildman–Crippen LogP) is -2.61. The minimum absolute atomic E-state index is 0. The number of phenols is 1. The fraction of sp³-hybridized carbons (Fsp3) is 0. The van der Waals surface area contributed by atoms with Crippen LogP contribution < -0.4 is 10.0 Å². The van der Waals surface area contributed by atoms with Gasteiger partial charge in [0, 0.05) is 0 Å². The molecule has 76 valence electrons. The van der Waals surface area contributed by atoms with Crippen LogP contribution in [0.2, 0.25) is 0 Å². The van der Waals surface area contributed by atoms with Gasteiger partial charge in [-0.3, -0.25) is 0 Å². The van der Waals surface area contributed by atoms with Crippen LogP contribution in [0.15, 0.2) is 24.3 Å². The van der Waals surface area contributed by atoms with Crippen LogP contribution >= 0.6 is 0 Å². The third-order valence-electron chi connectivity index (χ3n) is 1.13. The number of carboxylic acid groups (broad SMARTS) is 1. The average molecular weight is 238 g/mol. The molecule has 0 unspecified atom stereocenters. The third kappa shape index (κ3) is 8.67. The molecule has 0 saturated carbocycles. The molecule has 1 aromatic rings. The molecule has 0 aliphatic heterocycles. The summed E-state index contributed by atoms with van der Waals surface area (Å²) in [7, 11) is -2.67. The molecule has 1 aromatic carbocycles. The minimum Gasteiger partial charge on any atom is -0.871 e. The summed E-state index contributed by atoms with van der Waals surface area (Å²) in [5, 5.41) is 41.3. The average Bonchev–Trinajstić information content (AvgIpc) is 2.03. The molecule has 0 spiro atoms. The first-order chi connectivity index (χ1) is 6.45. The number of para-hydroxylation sites is 1. The number of carboxylic acids is 1. The van der Waals surface area contributed by atoms with Crippen molar-refractivity contribution in [3.8, 4) is 5.75 Å². The third-order valence-corrected chi connectivity index (χ3v) is 1.13. The Morgan fingerprint density at radius 1 is 1.27 bits per heavy atom. The van der Waals surface area contributed by atoms with Gasteiger partial charge in [0.2, 0.25) is 0 Å². The summed E-state index contributed by atoms with van der Waals surface area (Å²) in [6, 6.07) is 5.81. The van der Waals surface area contributed by atoms with Gasteiger partial charge < -0.3 is 25.3 Å². The van der Waals surface area contributed by atoms with Crippen molar-refractivity contribution in [1.82, 2.24) is 0 Å². The summed E-state index contributed by atoms with van der Waals surface area (Å²) >= 11 is 0. The number of aromatic hydroxyl groups is 1. The van der Waals surface area contributed by atoms with E-state index >= 15 is 0 Å². The van der Waals surface area contributed by atoms with Crippen molar-refractivity contribution in [2.24, 2.45) is 0 Å². The van der Waals surface area contributed by atoms with Gasteiger partial charge in [0.1, 0.15) is 11.3 Å². The van der Waals surface area contributed by atoms with Crippen LogP contribution in [0, 0.1) is 0 Å². The molecule has 8 heteroatoms. The van der Waals surface area contributed by atoms with E-state index in [1.807, 2.05) is 0 Å². The quantitative estimate of drug-likeness (QED) is 0.460. The molecule has 15 heavy (non-hydrogen) atoms. The monoisotopic (exact) mass is 238 g/mol. The minimum atomic E-state index is -2.67. The van der Waals surface area contributed by atoms with Crippen LogP contribution in [0.3, 0.4) is 0 Å². The number of carbonyl (C=O) groups is 1. The second-order valence-electron chi connectivity index (χ2n) is 2.13. The van der Waals surface area contributed by atoms with Gasteiger partial charge >= 0.3 is 43.7 Å². The maximum absolute atomic E-state index is 10.3. The van der Waals surface area contributed by atoms with E-state index in [4.69, 9.17) is 25.3 Å². The number of benzene rings is 1. The van der Waals surface area contributed by atoms with E-state index in [9.17, 15) is 4.79 Å². The molecule has 0 heterocycles. The molecule has 0 aliphatic carbocycles. The van der Waals surface area contributed by atoms with Gasteiger partial charge in [-0.15, -0.1) is 0 Å². The summed E-state index contributed by atoms with van der Waals surface area (Å²) < 4.78 is 0. The Bertz CT molecular complexity index is 303. The Labute approximate surface area is 116 Å². The first kappa shape index (κ1) is 17.1. The summed E-state index contributed by atoms with van der Waals surface area (Å²) in [6.07, 6.45) is 0. The van der Waals surface area contributed by atoms with E-state index in [1.165, 1.54) is 12.1 Å². The summed E-state index contributed by atoms with van der Waals surface area (Å²) in [6.45, 7) is 0. The second kappa shape index (κ2) is 8.96. The van der Waals surface area contributed by atoms with Crippen LogP contribution in [0.5, 0.6) is 5.75 Å². The van der Waals surface area contributed by atoms with E-state index in [1.54, 1.807) is 12.1 Å². The van der Waals surface area contributed by atoms with Crippen molar-refractivity contribution in [3.63, 3.8) is 0 Å². The molecule has 6 nitrogen and oxygen atoms in total. The Kier molecular flexibility index (Phi) is 10.2. The van der Waals surface area contributed by atoms with Gasteiger partial charge in [-0.05, 0) is 12.1 Å². The second-order valence-corrected chi connectivity index (χ2v) is 2.13. The maximum atomic E-state index is 10.3. The van der Waals surface area contributed by atoms with Crippen LogP contribution in [0.25, 0.3) is 0 Å². The predicted molar refractivity (Wildman–Crippen MR) is 48.8 cm³/mol. The van der Waals surface area contributed by atoms with Crippen molar-refractivity contribution >= 4 is 51.0 Å². The number of hydrogen-bond acceptors (Lipinski definition) is 5. The van der Waals surface area contributed by atoms with Crippen molar-refractivity contribution < 1.29 is 30.1 Å². The summed E-state index contributed by atoms with van der Waals surface area (Å²) in [4.78, 5) is 10.3. The van der Waals surface area contributed by atoms with Gasteiger partial charge in [0.05, 0.1) is 7.32 Å². The van der Waals surface area contributed by atoms with Crippen LogP contribution in [0.1, 0.15) is 10.4 Å². The number of hydrogen-bond donors (Lipinski definition) is 3. The molecule has 0 aliphatic rings.